The third-order valence-electron chi connectivity index (χ3n) is 4.29. The number of imidazole rings is 1. The van der Waals surface area contributed by atoms with E-state index in [1.54, 1.807) is 13.4 Å². The third kappa shape index (κ3) is 2.87. The van der Waals surface area contributed by atoms with Gasteiger partial charge in [-0.05, 0) is 34.8 Å². The van der Waals surface area contributed by atoms with Crippen LogP contribution in [-0.4, -0.2) is 32.9 Å². The SMILES string of the molecule is COc1cccc(C2CN(Cc3cnsc3)Cc3[nH]cnc32)c1. The molecule has 118 valence electrons. The Morgan fingerprint density at radius 1 is 1.43 bits per heavy atom. The van der Waals surface area contributed by atoms with Gasteiger partial charge >= 0.3 is 0 Å². The molecule has 5 nitrogen and oxygen atoms in total. The molecule has 1 unspecified atom stereocenters. The fourth-order valence-corrected chi connectivity index (χ4v) is 3.72. The molecule has 1 aliphatic rings. The van der Waals surface area contributed by atoms with E-state index in [9.17, 15) is 0 Å². The molecule has 0 fully saturated rings. The predicted octanol–water partition coefficient (Wildman–Crippen LogP) is 3.02. The van der Waals surface area contributed by atoms with Crippen molar-refractivity contribution in [2.24, 2.45) is 0 Å². The first-order valence-corrected chi connectivity index (χ1v) is 8.44. The zero-order valence-corrected chi connectivity index (χ0v) is 13.7. The van der Waals surface area contributed by atoms with Crippen molar-refractivity contribution in [1.82, 2.24) is 19.2 Å². The van der Waals surface area contributed by atoms with Crippen LogP contribution in [0.1, 0.15) is 28.4 Å². The molecule has 0 aliphatic carbocycles. The Balaban J connectivity index is 1.65. The standard InChI is InChI=1S/C17H18N4OS/c1-22-14-4-2-3-13(5-14)15-8-21(7-12-6-20-23-10-12)9-16-17(15)19-11-18-16/h2-6,10-11,15H,7-9H2,1H3,(H,18,19). The van der Waals surface area contributed by atoms with Crippen molar-refractivity contribution < 1.29 is 4.74 Å². The van der Waals surface area contributed by atoms with Gasteiger partial charge in [0.15, 0.2) is 0 Å². The molecule has 0 spiro atoms. The summed E-state index contributed by atoms with van der Waals surface area (Å²) < 4.78 is 9.58. The number of ether oxygens (including phenoxy) is 1. The summed E-state index contributed by atoms with van der Waals surface area (Å²) >= 11 is 1.50. The molecule has 0 saturated carbocycles. The lowest BCUT2D eigenvalue weighted by Crippen LogP contribution is -2.33. The van der Waals surface area contributed by atoms with Gasteiger partial charge in [0.05, 0.1) is 24.8 Å². The quantitative estimate of drug-likeness (QED) is 0.801. The molecule has 4 rings (SSSR count). The second-order valence-electron chi connectivity index (χ2n) is 5.80. The Hall–Kier alpha value is -2.18. The fraction of sp³-hybridized carbons (Fsp3) is 0.294. The molecule has 1 N–H and O–H groups in total. The van der Waals surface area contributed by atoms with E-state index in [4.69, 9.17) is 4.74 Å². The van der Waals surface area contributed by atoms with Crippen LogP contribution in [0.5, 0.6) is 5.75 Å². The Bertz CT molecular complexity index is 784. The summed E-state index contributed by atoms with van der Waals surface area (Å²) in [6.07, 6.45) is 3.75. The van der Waals surface area contributed by atoms with Crippen LogP contribution >= 0.6 is 11.5 Å². The van der Waals surface area contributed by atoms with Crippen LogP contribution in [0.15, 0.2) is 42.2 Å². The lowest BCUT2D eigenvalue weighted by molar-refractivity contribution is 0.228. The highest BCUT2D eigenvalue weighted by Gasteiger charge is 2.29. The zero-order chi connectivity index (χ0) is 15.6. The van der Waals surface area contributed by atoms with Crippen LogP contribution in [0.3, 0.4) is 0 Å². The maximum Gasteiger partial charge on any atom is 0.119 e. The summed E-state index contributed by atoms with van der Waals surface area (Å²) in [5.74, 6) is 1.14. The van der Waals surface area contributed by atoms with Gasteiger partial charge in [-0.25, -0.2) is 9.36 Å². The lowest BCUT2D eigenvalue weighted by atomic mass is 9.90. The van der Waals surface area contributed by atoms with E-state index in [1.807, 2.05) is 18.3 Å². The number of fused-ring (bicyclic) bond motifs is 1. The van der Waals surface area contributed by atoms with Gasteiger partial charge in [0, 0.05) is 37.1 Å². The van der Waals surface area contributed by atoms with Crippen molar-refractivity contribution in [3.8, 4) is 5.75 Å². The molecule has 1 atom stereocenters. The van der Waals surface area contributed by atoms with Crippen LogP contribution in [0.25, 0.3) is 0 Å². The van der Waals surface area contributed by atoms with E-state index in [-0.39, 0.29) is 5.92 Å². The number of H-pyrrole nitrogens is 1. The number of nitrogens with one attached hydrogen (secondary N) is 1. The number of hydrogen-bond donors (Lipinski definition) is 1. The summed E-state index contributed by atoms with van der Waals surface area (Å²) in [5.41, 5.74) is 4.86. The van der Waals surface area contributed by atoms with Crippen molar-refractivity contribution in [3.63, 3.8) is 0 Å². The molecule has 3 heterocycles. The van der Waals surface area contributed by atoms with Crippen LogP contribution in [0, 0.1) is 0 Å². The van der Waals surface area contributed by atoms with Crippen LogP contribution in [0.4, 0.5) is 0 Å². The first-order chi connectivity index (χ1) is 11.3. The Morgan fingerprint density at radius 2 is 2.39 bits per heavy atom. The number of aromatic nitrogens is 3. The number of nitrogens with zero attached hydrogens (tertiary/aromatic N) is 3. The molecule has 0 saturated heterocycles. The van der Waals surface area contributed by atoms with Gasteiger partial charge in [-0.3, -0.25) is 4.90 Å². The van der Waals surface area contributed by atoms with Gasteiger partial charge in [-0.2, -0.15) is 0 Å². The normalized spacial score (nSPS) is 17.9. The highest BCUT2D eigenvalue weighted by atomic mass is 32.1. The number of hydrogen-bond acceptors (Lipinski definition) is 5. The smallest absolute Gasteiger partial charge is 0.119 e. The maximum atomic E-state index is 5.38. The molecule has 23 heavy (non-hydrogen) atoms. The van der Waals surface area contributed by atoms with E-state index in [0.717, 1.165) is 31.1 Å². The Kier molecular flexibility index (Phi) is 3.85. The fourth-order valence-electron chi connectivity index (χ4n) is 3.20. The number of methoxy groups -OCH3 is 1. The van der Waals surface area contributed by atoms with Crippen molar-refractivity contribution >= 4 is 11.5 Å². The summed E-state index contributed by atoms with van der Waals surface area (Å²) in [6, 6.07) is 8.29. The molecule has 3 aromatic rings. The second kappa shape index (κ2) is 6.14. The van der Waals surface area contributed by atoms with Crippen molar-refractivity contribution in [3.05, 3.63) is 64.7 Å². The Morgan fingerprint density at radius 3 is 3.22 bits per heavy atom. The van der Waals surface area contributed by atoms with Crippen LogP contribution in [0.2, 0.25) is 0 Å². The predicted molar refractivity (Wildman–Crippen MR) is 89.7 cm³/mol. The van der Waals surface area contributed by atoms with E-state index < -0.39 is 0 Å². The topological polar surface area (TPSA) is 54.0 Å². The van der Waals surface area contributed by atoms with Gasteiger partial charge in [0.2, 0.25) is 0 Å². The van der Waals surface area contributed by atoms with E-state index in [0.29, 0.717) is 0 Å². The van der Waals surface area contributed by atoms with E-state index in [1.165, 1.54) is 28.4 Å². The van der Waals surface area contributed by atoms with Crippen LogP contribution < -0.4 is 4.74 Å². The molecule has 0 amide bonds. The molecular formula is C17H18N4OS. The molecule has 0 radical (unpaired) electrons. The molecule has 0 bridgehead atoms. The summed E-state index contributed by atoms with van der Waals surface area (Å²) in [6.45, 7) is 2.75. The summed E-state index contributed by atoms with van der Waals surface area (Å²) in [7, 11) is 1.70. The van der Waals surface area contributed by atoms with Crippen molar-refractivity contribution in [2.75, 3.05) is 13.7 Å². The highest BCUT2D eigenvalue weighted by Crippen LogP contribution is 2.33. The van der Waals surface area contributed by atoms with Crippen molar-refractivity contribution in [2.45, 2.75) is 19.0 Å². The highest BCUT2D eigenvalue weighted by molar-refractivity contribution is 7.03. The van der Waals surface area contributed by atoms with Gasteiger partial charge in [0.1, 0.15) is 5.75 Å². The van der Waals surface area contributed by atoms with Gasteiger partial charge in [0.25, 0.3) is 0 Å². The van der Waals surface area contributed by atoms with Crippen LogP contribution in [-0.2, 0) is 13.1 Å². The van der Waals surface area contributed by atoms with Crippen molar-refractivity contribution in [1.29, 1.82) is 0 Å². The van der Waals surface area contributed by atoms with Gasteiger partial charge in [-0.15, -0.1) is 0 Å². The molecule has 2 aromatic heterocycles. The minimum atomic E-state index is 0.256. The summed E-state index contributed by atoms with van der Waals surface area (Å²) in [5, 5.41) is 2.11. The molecule has 6 heteroatoms. The molecule has 1 aliphatic heterocycles. The number of rotatable bonds is 4. The molecular weight excluding hydrogens is 308 g/mol. The average Bonchev–Trinajstić information content (AvgIpc) is 3.25. The third-order valence-corrected chi connectivity index (χ3v) is 4.93. The monoisotopic (exact) mass is 326 g/mol. The number of benzene rings is 1. The Labute approximate surface area is 139 Å². The van der Waals surface area contributed by atoms with E-state index in [2.05, 4.69) is 36.8 Å². The second-order valence-corrected chi connectivity index (χ2v) is 6.46. The minimum Gasteiger partial charge on any atom is -0.497 e. The largest absolute Gasteiger partial charge is 0.497 e. The average molecular weight is 326 g/mol. The van der Waals surface area contributed by atoms with Gasteiger partial charge in [-0.1, -0.05) is 12.1 Å². The minimum absolute atomic E-state index is 0.256. The maximum absolute atomic E-state index is 5.38. The summed E-state index contributed by atoms with van der Waals surface area (Å²) in [4.78, 5) is 10.3. The zero-order valence-electron chi connectivity index (χ0n) is 12.9. The van der Waals surface area contributed by atoms with E-state index >= 15 is 0 Å². The first kappa shape index (κ1) is 14.4. The molecule has 1 aromatic carbocycles. The van der Waals surface area contributed by atoms with Gasteiger partial charge < -0.3 is 9.72 Å². The number of aromatic amines is 1. The first-order valence-electron chi connectivity index (χ1n) is 7.60. The lowest BCUT2D eigenvalue weighted by Gasteiger charge is -2.32.